The summed E-state index contributed by atoms with van der Waals surface area (Å²) in [4.78, 5) is 20.5. The lowest BCUT2D eigenvalue weighted by atomic mass is 9.78. The minimum Gasteiger partial charge on any atom is -0.497 e. The van der Waals surface area contributed by atoms with Crippen LogP contribution in [0, 0.1) is 0 Å². The van der Waals surface area contributed by atoms with E-state index in [1.807, 2.05) is 36.4 Å². The summed E-state index contributed by atoms with van der Waals surface area (Å²) in [5.41, 5.74) is 2.22. The van der Waals surface area contributed by atoms with Crippen molar-refractivity contribution >= 4 is 11.9 Å². The molecule has 0 atom stereocenters. The van der Waals surface area contributed by atoms with Gasteiger partial charge in [-0.1, -0.05) is 38.1 Å². The van der Waals surface area contributed by atoms with E-state index in [9.17, 15) is 9.59 Å². The Kier molecular flexibility index (Phi) is 7.84. The van der Waals surface area contributed by atoms with Crippen molar-refractivity contribution in [3.05, 3.63) is 59.7 Å². The van der Waals surface area contributed by atoms with Crippen LogP contribution in [0.25, 0.3) is 0 Å². The maximum absolute atomic E-state index is 10.9. The predicted molar refractivity (Wildman–Crippen MR) is 101 cm³/mol. The van der Waals surface area contributed by atoms with Gasteiger partial charge in [0.15, 0.2) is 0 Å². The molecule has 0 unspecified atom stereocenters. The van der Waals surface area contributed by atoms with E-state index in [4.69, 9.17) is 9.47 Å². The molecule has 0 N–H and O–H groups in total. The second kappa shape index (κ2) is 9.61. The van der Waals surface area contributed by atoms with Gasteiger partial charge in [0.2, 0.25) is 0 Å². The molecule has 0 amide bonds. The molecule has 0 aliphatic heterocycles. The van der Waals surface area contributed by atoms with E-state index >= 15 is 0 Å². The highest BCUT2D eigenvalue weighted by molar-refractivity contribution is 5.69. The SMILES string of the molecule is COC(C)=O.COc1ccc(C(C)(C)c2ccc(OC(C)=O)cc2)cc1. The molecule has 0 spiro atoms. The first-order valence-electron chi connectivity index (χ1n) is 8.18. The molecule has 2 aromatic carbocycles. The first-order chi connectivity index (χ1) is 12.2. The van der Waals surface area contributed by atoms with Gasteiger partial charge in [0, 0.05) is 19.3 Å². The number of ether oxygens (including phenoxy) is 3. The first-order valence-corrected chi connectivity index (χ1v) is 8.18. The van der Waals surface area contributed by atoms with Gasteiger partial charge in [0.25, 0.3) is 0 Å². The Hall–Kier alpha value is -2.82. The molecule has 0 radical (unpaired) electrons. The first kappa shape index (κ1) is 21.2. The highest BCUT2D eigenvalue weighted by Gasteiger charge is 2.23. The molecular weight excluding hydrogens is 332 g/mol. The van der Waals surface area contributed by atoms with Gasteiger partial charge in [0.1, 0.15) is 11.5 Å². The molecule has 0 saturated carbocycles. The van der Waals surface area contributed by atoms with Crippen LogP contribution < -0.4 is 9.47 Å². The smallest absolute Gasteiger partial charge is 0.308 e. The van der Waals surface area contributed by atoms with Crippen LogP contribution in [-0.2, 0) is 19.7 Å². The molecule has 2 aromatic rings. The van der Waals surface area contributed by atoms with E-state index < -0.39 is 0 Å². The molecular formula is C21H26O5. The van der Waals surface area contributed by atoms with Crippen LogP contribution in [0.1, 0.15) is 38.8 Å². The quantitative estimate of drug-likeness (QED) is 0.607. The van der Waals surface area contributed by atoms with Gasteiger partial charge in [0.05, 0.1) is 14.2 Å². The topological polar surface area (TPSA) is 61.8 Å². The second-order valence-electron chi connectivity index (χ2n) is 6.17. The average molecular weight is 358 g/mol. The third kappa shape index (κ3) is 6.24. The molecule has 5 nitrogen and oxygen atoms in total. The van der Waals surface area contributed by atoms with Crippen molar-refractivity contribution < 1.29 is 23.8 Å². The normalized spacial score (nSPS) is 10.2. The Morgan fingerprint density at radius 2 is 1.12 bits per heavy atom. The molecule has 0 aromatic heterocycles. The Bertz CT molecular complexity index is 715. The largest absolute Gasteiger partial charge is 0.497 e. The number of rotatable bonds is 4. The van der Waals surface area contributed by atoms with Gasteiger partial charge in [-0.05, 0) is 35.4 Å². The Morgan fingerprint density at radius 3 is 1.42 bits per heavy atom. The molecule has 0 aliphatic carbocycles. The van der Waals surface area contributed by atoms with Crippen molar-refractivity contribution in [2.75, 3.05) is 14.2 Å². The Balaban J connectivity index is 0.000000597. The van der Waals surface area contributed by atoms with Crippen LogP contribution in [0.15, 0.2) is 48.5 Å². The van der Waals surface area contributed by atoms with Gasteiger partial charge in [-0.2, -0.15) is 0 Å². The summed E-state index contributed by atoms with van der Waals surface area (Å²) in [7, 11) is 3.01. The van der Waals surface area contributed by atoms with E-state index in [1.54, 1.807) is 7.11 Å². The number of carbonyl (C=O) groups excluding carboxylic acids is 2. The number of hydrogen-bond donors (Lipinski definition) is 0. The monoisotopic (exact) mass is 358 g/mol. The molecule has 2 rings (SSSR count). The molecule has 0 fully saturated rings. The van der Waals surface area contributed by atoms with Gasteiger partial charge in [-0.3, -0.25) is 9.59 Å². The summed E-state index contributed by atoms with van der Waals surface area (Å²) in [6.45, 7) is 7.08. The standard InChI is InChI=1S/C18H20O3.C3H6O2/c1-13(19)21-17-11-7-15(8-12-17)18(2,3)14-5-9-16(20-4)10-6-14;1-3(4)5-2/h5-12H,1-4H3;1-2H3. The fourth-order valence-corrected chi connectivity index (χ4v) is 2.28. The van der Waals surface area contributed by atoms with E-state index in [-0.39, 0.29) is 17.4 Å². The number of esters is 2. The number of carbonyl (C=O) groups is 2. The summed E-state index contributed by atoms with van der Waals surface area (Å²) in [5.74, 6) is 0.860. The molecule has 0 heterocycles. The Morgan fingerprint density at radius 1 is 0.731 bits per heavy atom. The minimum absolute atomic E-state index is 0.138. The summed E-state index contributed by atoms with van der Waals surface area (Å²) in [6.07, 6.45) is 0. The zero-order chi connectivity index (χ0) is 19.7. The maximum atomic E-state index is 10.9. The fraction of sp³-hybridized carbons (Fsp3) is 0.333. The van der Waals surface area contributed by atoms with Gasteiger partial charge in [-0.15, -0.1) is 0 Å². The van der Waals surface area contributed by atoms with Crippen molar-refractivity contribution in [3.8, 4) is 11.5 Å². The van der Waals surface area contributed by atoms with Crippen LogP contribution in [0.5, 0.6) is 11.5 Å². The molecule has 0 bridgehead atoms. The van der Waals surface area contributed by atoms with Gasteiger partial charge >= 0.3 is 11.9 Å². The van der Waals surface area contributed by atoms with Crippen LogP contribution >= 0.6 is 0 Å². The van der Waals surface area contributed by atoms with E-state index in [1.165, 1.54) is 26.5 Å². The van der Waals surface area contributed by atoms with Crippen molar-refractivity contribution in [3.63, 3.8) is 0 Å². The van der Waals surface area contributed by atoms with Crippen molar-refractivity contribution in [1.82, 2.24) is 0 Å². The maximum Gasteiger partial charge on any atom is 0.308 e. The number of methoxy groups -OCH3 is 2. The number of benzene rings is 2. The predicted octanol–water partition coefficient (Wildman–Crippen LogP) is 4.13. The average Bonchev–Trinajstić information content (AvgIpc) is 2.62. The number of hydrogen-bond acceptors (Lipinski definition) is 5. The summed E-state index contributed by atoms with van der Waals surface area (Å²) < 4.78 is 14.4. The highest BCUT2D eigenvalue weighted by Crippen LogP contribution is 2.33. The molecule has 0 saturated heterocycles. The van der Waals surface area contributed by atoms with Crippen LogP contribution in [0.4, 0.5) is 0 Å². The molecule has 5 heteroatoms. The highest BCUT2D eigenvalue weighted by atomic mass is 16.5. The summed E-state index contributed by atoms with van der Waals surface area (Å²) in [6, 6.07) is 15.7. The minimum atomic E-state index is -0.308. The van der Waals surface area contributed by atoms with Gasteiger partial charge in [-0.25, -0.2) is 0 Å². The zero-order valence-corrected chi connectivity index (χ0v) is 16.2. The zero-order valence-electron chi connectivity index (χ0n) is 16.2. The van der Waals surface area contributed by atoms with Crippen LogP contribution in [0.2, 0.25) is 0 Å². The molecule has 0 aliphatic rings. The van der Waals surface area contributed by atoms with Crippen LogP contribution in [-0.4, -0.2) is 26.2 Å². The van der Waals surface area contributed by atoms with E-state index in [0.717, 1.165) is 11.3 Å². The summed E-state index contributed by atoms with van der Waals surface area (Å²) >= 11 is 0. The fourth-order valence-electron chi connectivity index (χ4n) is 2.28. The summed E-state index contributed by atoms with van der Waals surface area (Å²) in [5, 5.41) is 0. The lowest BCUT2D eigenvalue weighted by Crippen LogP contribution is -2.18. The Labute approximate surface area is 154 Å². The third-order valence-electron chi connectivity index (χ3n) is 3.94. The lowest BCUT2D eigenvalue weighted by Gasteiger charge is -2.26. The van der Waals surface area contributed by atoms with E-state index in [2.05, 4.69) is 30.7 Å². The van der Waals surface area contributed by atoms with Crippen LogP contribution in [0.3, 0.4) is 0 Å². The molecule has 140 valence electrons. The second-order valence-corrected chi connectivity index (χ2v) is 6.17. The van der Waals surface area contributed by atoms with Crippen molar-refractivity contribution in [2.45, 2.75) is 33.1 Å². The van der Waals surface area contributed by atoms with E-state index in [0.29, 0.717) is 5.75 Å². The van der Waals surface area contributed by atoms with Crippen molar-refractivity contribution in [1.29, 1.82) is 0 Å². The van der Waals surface area contributed by atoms with Crippen molar-refractivity contribution in [2.24, 2.45) is 0 Å². The van der Waals surface area contributed by atoms with Gasteiger partial charge < -0.3 is 14.2 Å². The lowest BCUT2D eigenvalue weighted by molar-refractivity contribution is -0.138. The third-order valence-corrected chi connectivity index (χ3v) is 3.94. The molecule has 26 heavy (non-hydrogen) atoms.